The number of methoxy groups -OCH3 is 1. The van der Waals surface area contributed by atoms with Crippen molar-refractivity contribution in [1.82, 2.24) is 15.0 Å². The summed E-state index contributed by atoms with van der Waals surface area (Å²) < 4.78 is 6.95. The van der Waals surface area contributed by atoms with Crippen molar-refractivity contribution in [2.75, 3.05) is 13.7 Å². The Bertz CT molecular complexity index is 495. The highest BCUT2D eigenvalue weighted by Gasteiger charge is 2.04. The Hall–Kier alpha value is -1.72. The Morgan fingerprint density at radius 2 is 2.28 bits per heavy atom. The summed E-state index contributed by atoms with van der Waals surface area (Å²) in [7, 11) is 1.69. The van der Waals surface area contributed by atoms with Crippen LogP contribution in [-0.4, -0.2) is 28.6 Å². The zero-order valence-electron chi connectivity index (χ0n) is 10.5. The lowest BCUT2D eigenvalue weighted by Crippen LogP contribution is -2.06. The van der Waals surface area contributed by atoms with E-state index in [4.69, 9.17) is 10.5 Å². The van der Waals surface area contributed by atoms with Gasteiger partial charge >= 0.3 is 0 Å². The maximum Gasteiger partial charge on any atom is 0.113 e. The van der Waals surface area contributed by atoms with Gasteiger partial charge in [0.25, 0.3) is 0 Å². The molecule has 0 atom stereocenters. The van der Waals surface area contributed by atoms with E-state index in [9.17, 15) is 0 Å². The lowest BCUT2D eigenvalue weighted by Gasteiger charge is -2.01. The first kappa shape index (κ1) is 12.7. The maximum absolute atomic E-state index is 5.47. The van der Waals surface area contributed by atoms with Crippen LogP contribution in [0.2, 0.25) is 0 Å². The van der Waals surface area contributed by atoms with E-state index >= 15 is 0 Å². The number of nitrogens with zero attached hydrogens (tertiary/aromatic N) is 3. The topological polar surface area (TPSA) is 66.0 Å². The highest BCUT2D eigenvalue weighted by Crippen LogP contribution is 2.18. The van der Waals surface area contributed by atoms with E-state index in [-0.39, 0.29) is 0 Å². The average molecular weight is 246 g/mol. The van der Waals surface area contributed by atoms with Crippen molar-refractivity contribution in [1.29, 1.82) is 0 Å². The van der Waals surface area contributed by atoms with Crippen LogP contribution in [0.15, 0.2) is 30.5 Å². The second-order valence-corrected chi connectivity index (χ2v) is 4.14. The average Bonchev–Trinajstić information content (AvgIpc) is 2.86. The summed E-state index contributed by atoms with van der Waals surface area (Å²) in [4.78, 5) is 0. The van der Waals surface area contributed by atoms with Crippen LogP contribution in [0.5, 0.6) is 0 Å². The third kappa shape index (κ3) is 3.15. The normalized spacial score (nSPS) is 10.8. The van der Waals surface area contributed by atoms with Crippen LogP contribution in [0.4, 0.5) is 0 Å². The predicted octanol–water partition coefficient (Wildman–Crippen LogP) is 1.44. The first-order chi connectivity index (χ1) is 8.83. The first-order valence-electron chi connectivity index (χ1n) is 6.02. The number of nitrogens with two attached hydrogens (primary N) is 1. The molecule has 0 aliphatic heterocycles. The molecule has 2 N–H and O–H groups in total. The molecule has 1 aromatic heterocycles. The molecule has 0 saturated heterocycles. The molecule has 0 bridgehead atoms. The van der Waals surface area contributed by atoms with Crippen molar-refractivity contribution in [2.24, 2.45) is 5.73 Å². The molecule has 18 heavy (non-hydrogen) atoms. The molecule has 5 nitrogen and oxygen atoms in total. The number of rotatable bonds is 6. The Morgan fingerprint density at radius 3 is 3.06 bits per heavy atom. The fourth-order valence-corrected chi connectivity index (χ4v) is 1.78. The molecule has 2 rings (SSSR count). The SMILES string of the molecule is COCc1cccc(-c2cn(CCCN)nn2)c1. The molecule has 2 aromatic rings. The second-order valence-electron chi connectivity index (χ2n) is 4.14. The highest BCUT2D eigenvalue weighted by atomic mass is 16.5. The van der Waals surface area contributed by atoms with Crippen molar-refractivity contribution >= 4 is 0 Å². The van der Waals surface area contributed by atoms with Gasteiger partial charge in [-0.25, -0.2) is 0 Å². The Balaban J connectivity index is 2.15. The minimum Gasteiger partial charge on any atom is -0.380 e. The molecule has 1 aromatic carbocycles. The van der Waals surface area contributed by atoms with Crippen molar-refractivity contribution in [3.05, 3.63) is 36.0 Å². The van der Waals surface area contributed by atoms with Crippen molar-refractivity contribution in [3.8, 4) is 11.3 Å². The van der Waals surface area contributed by atoms with E-state index in [0.717, 1.165) is 29.8 Å². The van der Waals surface area contributed by atoms with Gasteiger partial charge in [0.15, 0.2) is 0 Å². The fraction of sp³-hybridized carbons (Fsp3) is 0.385. The standard InChI is InChI=1S/C13H18N4O/c1-18-10-11-4-2-5-12(8-11)13-9-17(16-15-13)7-3-6-14/h2,4-5,8-9H,3,6-7,10,14H2,1H3. The Labute approximate surface area is 107 Å². The third-order valence-electron chi connectivity index (χ3n) is 2.66. The lowest BCUT2D eigenvalue weighted by molar-refractivity contribution is 0.185. The molecule has 0 aliphatic rings. The molecule has 0 spiro atoms. The Morgan fingerprint density at radius 1 is 1.39 bits per heavy atom. The molecule has 0 amide bonds. The van der Waals surface area contributed by atoms with Crippen LogP contribution in [0.25, 0.3) is 11.3 Å². The van der Waals surface area contributed by atoms with Gasteiger partial charge in [0.05, 0.1) is 12.8 Å². The fourth-order valence-electron chi connectivity index (χ4n) is 1.78. The molecule has 0 unspecified atom stereocenters. The molecule has 1 heterocycles. The smallest absolute Gasteiger partial charge is 0.113 e. The summed E-state index contributed by atoms with van der Waals surface area (Å²) in [5.74, 6) is 0. The molecule has 96 valence electrons. The third-order valence-corrected chi connectivity index (χ3v) is 2.66. The number of aryl methyl sites for hydroxylation is 1. The van der Waals surface area contributed by atoms with Gasteiger partial charge in [-0.1, -0.05) is 23.4 Å². The number of hydrogen-bond acceptors (Lipinski definition) is 4. The molecule has 0 fully saturated rings. The van der Waals surface area contributed by atoms with Gasteiger partial charge in [-0.15, -0.1) is 5.10 Å². The maximum atomic E-state index is 5.47. The second kappa shape index (κ2) is 6.28. The van der Waals surface area contributed by atoms with E-state index < -0.39 is 0 Å². The van der Waals surface area contributed by atoms with Gasteiger partial charge in [0, 0.05) is 19.2 Å². The van der Waals surface area contributed by atoms with E-state index in [2.05, 4.69) is 16.4 Å². The van der Waals surface area contributed by atoms with Crippen LogP contribution in [0, 0.1) is 0 Å². The van der Waals surface area contributed by atoms with E-state index in [1.54, 1.807) is 7.11 Å². The van der Waals surface area contributed by atoms with E-state index in [1.165, 1.54) is 0 Å². The molecular weight excluding hydrogens is 228 g/mol. The summed E-state index contributed by atoms with van der Waals surface area (Å²) in [6.45, 7) is 2.08. The summed E-state index contributed by atoms with van der Waals surface area (Å²) in [5.41, 5.74) is 8.54. The van der Waals surface area contributed by atoms with Crippen LogP contribution in [0.1, 0.15) is 12.0 Å². The zero-order valence-corrected chi connectivity index (χ0v) is 10.5. The first-order valence-corrected chi connectivity index (χ1v) is 6.02. The van der Waals surface area contributed by atoms with Gasteiger partial charge in [0.1, 0.15) is 5.69 Å². The molecule has 0 radical (unpaired) electrons. The van der Waals surface area contributed by atoms with Crippen molar-refractivity contribution < 1.29 is 4.74 Å². The number of hydrogen-bond donors (Lipinski definition) is 1. The van der Waals surface area contributed by atoms with Crippen molar-refractivity contribution in [2.45, 2.75) is 19.6 Å². The zero-order chi connectivity index (χ0) is 12.8. The van der Waals surface area contributed by atoms with Crippen LogP contribution >= 0.6 is 0 Å². The van der Waals surface area contributed by atoms with Gasteiger partial charge < -0.3 is 10.5 Å². The minimum atomic E-state index is 0.606. The molecule has 0 saturated carbocycles. The lowest BCUT2D eigenvalue weighted by atomic mass is 10.1. The summed E-state index contributed by atoms with van der Waals surface area (Å²) in [6.07, 6.45) is 2.86. The van der Waals surface area contributed by atoms with Gasteiger partial charge in [-0.05, 0) is 24.6 Å². The van der Waals surface area contributed by atoms with Crippen LogP contribution in [-0.2, 0) is 17.9 Å². The highest BCUT2D eigenvalue weighted by molar-refractivity contribution is 5.58. The number of ether oxygens (including phenoxy) is 1. The molecular formula is C13H18N4O. The largest absolute Gasteiger partial charge is 0.380 e. The Kier molecular flexibility index (Phi) is 4.44. The summed E-state index contributed by atoms with van der Waals surface area (Å²) >= 11 is 0. The van der Waals surface area contributed by atoms with E-state index in [0.29, 0.717) is 13.2 Å². The van der Waals surface area contributed by atoms with Crippen LogP contribution < -0.4 is 5.73 Å². The van der Waals surface area contributed by atoms with Gasteiger partial charge in [0.2, 0.25) is 0 Å². The van der Waals surface area contributed by atoms with E-state index in [1.807, 2.05) is 29.1 Å². The summed E-state index contributed by atoms with van der Waals surface area (Å²) in [6, 6.07) is 8.13. The monoisotopic (exact) mass is 246 g/mol. The number of aromatic nitrogens is 3. The van der Waals surface area contributed by atoms with Crippen molar-refractivity contribution in [3.63, 3.8) is 0 Å². The van der Waals surface area contributed by atoms with Crippen LogP contribution in [0.3, 0.4) is 0 Å². The molecule has 5 heteroatoms. The minimum absolute atomic E-state index is 0.606. The van der Waals surface area contributed by atoms with Gasteiger partial charge in [-0.2, -0.15) is 0 Å². The summed E-state index contributed by atoms with van der Waals surface area (Å²) in [5, 5.41) is 8.26. The predicted molar refractivity (Wildman–Crippen MR) is 69.8 cm³/mol. The van der Waals surface area contributed by atoms with Gasteiger partial charge in [-0.3, -0.25) is 4.68 Å². The molecule has 0 aliphatic carbocycles. The quantitative estimate of drug-likeness (QED) is 0.837. The number of benzene rings is 1.